The van der Waals surface area contributed by atoms with Crippen molar-refractivity contribution in [2.75, 3.05) is 6.61 Å². The third-order valence-corrected chi connectivity index (χ3v) is 8.32. The summed E-state index contributed by atoms with van der Waals surface area (Å²) in [6.45, 7) is 4.98. The zero-order valence-corrected chi connectivity index (χ0v) is 15.8. The van der Waals surface area contributed by atoms with E-state index < -0.39 is 58.8 Å². The lowest BCUT2D eigenvalue weighted by Crippen LogP contribution is -2.75. The lowest BCUT2D eigenvalue weighted by atomic mass is 9.38. The summed E-state index contributed by atoms with van der Waals surface area (Å²) in [6, 6.07) is 0. The summed E-state index contributed by atoms with van der Waals surface area (Å²) in [4.78, 5) is 24.7. The highest BCUT2D eigenvalue weighted by atomic mass is 16.5. The van der Waals surface area contributed by atoms with Crippen LogP contribution in [0, 0.1) is 34.5 Å². The molecule has 0 radical (unpaired) electrons. The van der Waals surface area contributed by atoms with Crippen molar-refractivity contribution < 1.29 is 34.8 Å². The second-order valence-electron chi connectivity index (χ2n) is 9.23. The van der Waals surface area contributed by atoms with Crippen molar-refractivity contribution in [2.45, 2.75) is 58.0 Å². The topological polar surface area (TPSA) is 124 Å². The lowest BCUT2D eigenvalue weighted by molar-refractivity contribution is -0.301. The molecule has 0 bridgehead atoms. The molecule has 1 aliphatic heterocycles. The molecule has 0 aromatic rings. The molecule has 10 atom stereocenters. The van der Waals surface area contributed by atoms with Crippen LogP contribution >= 0.6 is 0 Å². The second-order valence-corrected chi connectivity index (χ2v) is 9.23. The minimum atomic E-state index is -1.35. The van der Waals surface area contributed by atoms with Gasteiger partial charge in [-0.1, -0.05) is 19.4 Å². The number of carbonyl (C=O) groups is 2. The third-order valence-electron chi connectivity index (χ3n) is 8.32. The Balaban J connectivity index is 1.97. The van der Waals surface area contributed by atoms with Gasteiger partial charge in [-0.05, 0) is 37.2 Å². The van der Waals surface area contributed by atoms with Gasteiger partial charge in [-0.2, -0.15) is 0 Å². The van der Waals surface area contributed by atoms with Crippen molar-refractivity contribution in [2.24, 2.45) is 34.5 Å². The number of ether oxygens (including phenoxy) is 1. The predicted molar refractivity (Wildman–Crippen MR) is 93.2 cm³/mol. The number of hydrogen-bond donors (Lipinski definition) is 4. The molecule has 1 saturated heterocycles. The summed E-state index contributed by atoms with van der Waals surface area (Å²) in [7, 11) is 0. The lowest BCUT2D eigenvalue weighted by Gasteiger charge is -2.69. The largest absolute Gasteiger partial charge is 0.462 e. The van der Waals surface area contributed by atoms with Gasteiger partial charge in [-0.3, -0.25) is 9.59 Å². The fraction of sp³-hybridized carbons (Fsp3) is 0.800. The van der Waals surface area contributed by atoms with E-state index in [9.17, 15) is 30.0 Å². The maximum absolute atomic E-state index is 12.5. The first kappa shape index (κ1) is 19.1. The maximum Gasteiger partial charge on any atom is 0.306 e. The number of allylic oxidation sites excluding steroid dienone is 1. The number of esters is 1. The molecule has 7 nitrogen and oxygen atoms in total. The molecule has 0 aromatic carbocycles. The molecule has 0 aromatic heterocycles. The van der Waals surface area contributed by atoms with Crippen LogP contribution in [-0.4, -0.2) is 63.2 Å². The molecule has 2 saturated carbocycles. The van der Waals surface area contributed by atoms with E-state index in [1.54, 1.807) is 20.8 Å². The molecule has 3 aliphatic carbocycles. The molecule has 3 fully saturated rings. The Morgan fingerprint density at radius 1 is 1.22 bits per heavy atom. The predicted octanol–water partition coefficient (Wildman–Crippen LogP) is -0.199. The Bertz CT molecular complexity index is 717. The number of carbonyl (C=O) groups excluding carboxylic acids is 2. The second kappa shape index (κ2) is 5.86. The smallest absolute Gasteiger partial charge is 0.306 e. The van der Waals surface area contributed by atoms with E-state index in [1.807, 2.05) is 0 Å². The van der Waals surface area contributed by atoms with Gasteiger partial charge in [0.25, 0.3) is 0 Å². The zero-order valence-electron chi connectivity index (χ0n) is 15.8. The highest BCUT2D eigenvalue weighted by molar-refractivity contribution is 5.96. The van der Waals surface area contributed by atoms with E-state index >= 15 is 0 Å². The van der Waals surface area contributed by atoms with Crippen LogP contribution < -0.4 is 0 Å². The first-order chi connectivity index (χ1) is 12.6. The molecule has 4 N–H and O–H groups in total. The number of aliphatic hydroxyl groups excluding tert-OH is 4. The van der Waals surface area contributed by atoms with Crippen LogP contribution in [0.15, 0.2) is 11.6 Å². The number of fused-ring (bicyclic) bond motifs is 2. The summed E-state index contributed by atoms with van der Waals surface area (Å²) in [5, 5.41) is 43.3. The van der Waals surface area contributed by atoms with Gasteiger partial charge in [0.1, 0.15) is 12.2 Å². The SMILES string of the molecule is CC1=CC(=O)[C@@H](O)[C@@]2(C)[C@@H]1C[C@H]1OC(=O)C[C@H]3[C@@H](C)[C@@H](O)[C@H](O)[C@H]2[C@@]13CO. The molecule has 1 heterocycles. The summed E-state index contributed by atoms with van der Waals surface area (Å²) in [5.41, 5.74) is -1.31. The monoisotopic (exact) mass is 380 g/mol. The van der Waals surface area contributed by atoms with Crippen molar-refractivity contribution >= 4 is 11.8 Å². The fourth-order valence-electron chi connectivity index (χ4n) is 7.06. The van der Waals surface area contributed by atoms with Crippen LogP contribution in [0.4, 0.5) is 0 Å². The summed E-state index contributed by atoms with van der Waals surface area (Å²) in [6.07, 6.45) is -2.52. The van der Waals surface area contributed by atoms with Gasteiger partial charge in [0.05, 0.1) is 18.8 Å². The number of rotatable bonds is 1. The average Bonchev–Trinajstić information content (AvgIpc) is 2.62. The quantitative estimate of drug-likeness (QED) is 0.465. The van der Waals surface area contributed by atoms with Crippen molar-refractivity contribution in [3.8, 4) is 0 Å². The minimum Gasteiger partial charge on any atom is -0.462 e. The van der Waals surface area contributed by atoms with Gasteiger partial charge in [-0.25, -0.2) is 0 Å². The first-order valence-corrected chi connectivity index (χ1v) is 9.67. The van der Waals surface area contributed by atoms with Crippen LogP contribution in [0.2, 0.25) is 0 Å². The van der Waals surface area contributed by atoms with E-state index in [0.717, 1.165) is 5.57 Å². The zero-order chi connectivity index (χ0) is 19.9. The summed E-state index contributed by atoms with van der Waals surface area (Å²) < 4.78 is 5.67. The normalized spacial score (nSPS) is 54.6. The van der Waals surface area contributed by atoms with E-state index in [2.05, 4.69) is 0 Å². The maximum atomic E-state index is 12.5. The van der Waals surface area contributed by atoms with Crippen LogP contribution in [0.25, 0.3) is 0 Å². The van der Waals surface area contributed by atoms with E-state index in [4.69, 9.17) is 4.74 Å². The molecule has 4 aliphatic rings. The first-order valence-electron chi connectivity index (χ1n) is 9.67. The molecular weight excluding hydrogens is 352 g/mol. The Labute approximate surface area is 158 Å². The Morgan fingerprint density at radius 2 is 1.89 bits per heavy atom. The minimum absolute atomic E-state index is 0.0398. The molecular formula is C20H28O7. The number of aliphatic hydroxyl groups is 4. The highest BCUT2D eigenvalue weighted by Crippen LogP contribution is 2.68. The van der Waals surface area contributed by atoms with Crippen LogP contribution in [0.3, 0.4) is 0 Å². The summed E-state index contributed by atoms with van der Waals surface area (Å²) >= 11 is 0. The third kappa shape index (κ3) is 2.11. The molecule has 0 spiro atoms. The highest BCUT2D eigenvalue weighted by Gasteiger charge is 2.73. The van der Waals surface area contributed by atoms with E-state index in [-0.39, 0.29) is 24.9 Å². The average molecular weight is 380 g/mol. The number of ketones is 1. The summed E-state index contributed by atoms with van der Waals surface area (Å²) in [5.74, 6) is -2.72. The van der Waals surface area contributed by atoms with Gasteiger partial charge in [-0.15, -0.1) is 0 Å². The Morgan fingerprint density at radius 3 is 2.52 bits per heavy atom. The Hall–Kier alpha value is -1.28. The molecule has 27 heavy (non-hydrogen) atoms. The van der Waals surface area contributed by atoms with Gasteiger partial charge in [0, 0.05) is 23.2 Å². The molecule has 7 heteroatoms. The van der Waals surface area contributed by atoms with Crippen LogP contribution in [0.5, 0.6) is 0 Å². The van der Waals surface area contributed by atoms with Crippen molar-refractivity contribution in [1.29, 1.82) is 0 Å². The van der Waals surface area contributed by atoms with Crippen molar-refractivity contribution in [3.63, 3.8) is 0 Å². The van der Waals surface area contributed by atoms with E-state index in [1.165, 1.54) is 6.08 Å². The van der Waals surface area contributed by atoms with E-state index in [0.29, 0.717) is 6.42 Å². The molecule has 0 unspecified atom stereocenters. The van der Waals surface area contributed by atoms with Gasteiger partial charge in [0.15, 0.2) is 5.78 Å². The van der Waals surface area contributed by atoms with Crippen molar-refractivity contribution in [3.05, 3.63) is 11.6 Å². The van der Waals surface area contributed by atoms with Gasteiger partial charge >= 0.3 is 5.97 Å². The standard InChI is InChI=1S/C20H28O7/c1-8-4-12(22)18(26)19(3)10(8)5-13-20(7-21)11(6-14(23)27-13)9(2)15(24)16(25)17(19)20/h4,9-11,13,15-18,21,24-26H,5-7H2,1-3H3/t9-,10-,11+,13-,15-,16+,17-,18-,19+,20-/m1/s1. The fourth-order valence-corrected chi connectivity index (χ4v) is 7.06. The Kier molecular flexibility index (Phi) is 4.14. The van der Waals surface area contributed by atoms with Gasteiger partial charge < -0.3 is 25.2 Å². The van der Waals surface area contributed by atoms with Crippen LogP contribution in [-0.2, 0) is 14.3 Å². The van der Waals surface area contributed by atoms with Gasteiger partial charge in [0.2, 0.25) is 0 Å². The van der Waals surface area contributed by atoms with Crippen molar-refractivity contribution in [1.82, 2.24) is 0 Å². The van der Waals surface area contributed by atoms with Crippen LogP contribution in [0.1, 0.15) is 33.6 Å². The molecule has 4 rings (SSSR count). The molecule has 0 amide bonds. The molecule has 150 valence electrons. The number of hydrogen-bond acceptors (Lipinski definition) is 7.